The monoisotopic (exact) mass is 246 g/mol. The second-order valence-electron chi connectivity index (χ2n) is 5.50. The molecule has 1 aliphatic heterocycles. The van der Waals surface area contributed by atoms with E-state index in [2.05, 4.69) is 48.3 Å². The van der Waals surface area contributed by atoms with Crippen molar-refractivity contribution in [2.24, 2.45) is 5.92 Å². The van der Waals surface area contributed by atoms with Crippen LogP contribution in [0, 0.1) is 5.92 Å². The summed E-state index contributed by atoms with van der Waals surface area (Å²) in [6.07, 6.45) is 3.91. The Labute approximate surface area is 111 Å². The summed E-state index contributed by atoms with van der Waals surface area (Å²) in [5.74, 6) is 0.829. The van der Waals surface area contributed by atoms with Crippen molar-refractivity contribution in [2.75, 3.05) is 24.5 Å². The quantitative estimate of drug-likeness (QED) is 0.801. The molecule has 1 atom stereocenters. The molecule has 1 aromatic rings. The maximum absolute atomic E-state index is 3.52. The molecule has 2 nitrogen and oxygen atoms in total. The van der Waals surface area contributed by atoms with Gasteiger partial charge in [0.15, 0.2) is 0 Å². The summed E-state index contributed by atoms with van der Waals surface area (Å²) in [6.45, 7) is 9.11. The van der Waals surface area contributed by atoms with Crippen molar-refractivity contribution in [3.8, 4) is 0 Å². The number of benzene rings is 1. The van der Waals surface area contributed by atoms with Gasteiger partial charge in [0.05, 0.1) is 0 Å². The zero-order valence-corrected chi connectivity index (χ0v) is 11.8. The maximum Gasteiger partial charge on any atom is 0.0411 e. The van der Waals surface area contributed by atoms with Gasteiger partial charge in [0, 0.05) is 25.3 Å². The lowest BCUT2D eigenvalue weighted by atomic mass is 9.99. The fourth-order valence-corrected chi connectivity index (χ4v) is 2.78. The van der Waals surface area contributed by atoms with Crippen molar-refractivity contribution in [1.29, 1.82) is 0 Å². The molecule has 0 saturated carbocycles. The molecular weight excluding hydrogens is 220 g/mol. The van der Waals surface area contributed by atoms with E-state index in [0.29, 0.717) is 0 Å². The fraction of sp³-hybridized carbons (Fsp3) is 0.625. The van der Waals surface area contributed by atoms with E-state index in [4.69, 9.17) is 0 Å². The number of nitrogens with zero attached hydrogens (tertiary/aromatic N) is 1. The highest BCUT2D eigenvalue weighted by Gasteiger charge is 2.18. The Morgan fingerprint density at radius 3 is 2.94 bits per heavy atom. The van der Waals surface area contributed by atoms with Gasteiger partial charge in [-0.3, -0.25) is 0 Å². The SMILES string of the molecule is CCCNCc1ccccc1N1CCCC(C)C1. The number of anilines is 1. The number of hydrogen-bond donors (Lipinski definition) is 1. The van der Waals surface area contributed by atoms with Gasteiger partial charge in [-0.05, 0) is 43.4 Å². The molecular formula is C16H26N2. The van der Waals surface area contributed by atoms with E-state index >= 15 is 0 Å². The molecule has 18 heavy (non-hydrogen) atoms. The normalized spacial score (nSPS) is 20.1. The Bertz CT molecular complexity index is 362. The Hall–Kier alpha value is -1.02. The molecule has 1 heterocycles. The van der Waals surface area contributed by atoms with Crippen LogP contribution in [-0.4, -0.2) is 19.6 Å². The first kappa shape index (κ1) is 13.4. The van der Waals surface area contributed by atoms with E-state index < -0.39 is 0 Å². The minimum Gasteiger partial charge on any atom is -0.371 e. The van der Waals surface area contributed by atoms with Crippen LogP contribution in [-0.2, 0) is 6.54 Å². The van der Waals surface area contributed by atoms with Crippen molar-refractivity contribution >= 4 is 5.69 Å². The minimum atomic E-state index is 0.829. The molecule has 1 saturated heterocycles. The predicted octanol–water partition coefficient (Wildman–Crippen LogP) is 3.42. The molecule has 2 rings (SSSR count). The van der Waals surface area contributed by atoms with Crippen LogP contribution in [0.25, 0.3) is 0 Å². The molecule has 0 aliphatic carbocycles. The second kappa shape index (κ2) is 6.79. The van der Waals surface area contributed by atoms with Gasteiger partial charge in [-0.25, -0.2) is 0 Å². The summed E-state index contributed by atoms with van der Waals surface area (Å²) in [5.41, 5.74) is 2.88. The van der Waals surface area contributed by atoms with E-state index in [9.17, 15) is 0 Å². The second-order valence-corrected chi connectivity index (χ2v) is 5.50. The minimum absolute atomic E-state index is 0.829. The van der Waals surface area contributed by atoms with Crippen LogP contribution < -0.4 is 10.2 Å². The zero-order valence-electron chi connectivity index (χ0n) is 11.8. The van der Waals surface area contributed by atoms with Gasteiger partial charge >= 0.3 is 0 Å². The first-order valence-electron chi connectivity index (χ1n) is 7.35. The molecule has 0 radical (unpaired) electrons. The van der Waals surface area contributed by atoms with E-state index in [0.717, 1.165) is 19.0 Å². The summed E-state index contributed by atoms with van der Waals surface area (Å²) < 4.78 is 0. The fourth-order valence-electron chi connectivity index (χ4n) is 2.78. The molecule has 1 fully saturated rings. The molecule has 1 N–H and O–H groups in total. The van der Waals surface area contributed by atoms with Crippen LogP contribution in [0.15, 0.2) is 24.3 Å². The largest absolute Gasteiger partial charge is 0.371 e. The van der Waals surface area contributed by atoms with Gasteiger partial charge in [-0.15, -0.1) is 0 Å². The first-order valence-corrected chi connectivity index (χ1v) is 7.35. The van der Waals surface area contributed by atoms with Gasteiger partial charge in [-0.2, -0.15) is 0 Å². The summed E-state index contributed by atoms with van der Waals surface area (Å²) in [6, 6.07) is 8.86. The number of piperidine rings is 1. The van der Waals surface area contributed by atoms with E-state index in [-0.39, 0.29) is 0 Å². The van der Waals surface area contributed by atoms with Crippen LogP contribution in [0.1, 0.15) is 38.7 Å². The molecule has 0 spiro atoms. The lowest BCUT2D eigenvalue weighted by Crippen LogP contribution is -2.35. The van der Waals surface area contributed by atoms with Crippen LogP contribution in [0.3, 0.4) is 0 Å². The van der Waals surface area contributed by atoms with E-state index in [1.165, 1.54) is 43.6 Å². The van der Waals surface area contributed by atoms with Crippen molar-refractivity contribution in [2.45, 2.75) is 39.7 Å². The van der Waals surface area contributed by atoms with Gasteiger partial charge in [-0.1, -0.05) is 32.0 Å². The highest BCUT2D eigenvalue weighted by atomic mass is 15.1. The Kier molecular flexibility index (Phi) is 5.06. The maximum atomic E-state index is 3.52. The molecule has 1 aliphatic rings. The number of rotatable bonds is 5. The lowest BCUT2D eigenvalue weighted by molar-refractivity contribution is 0.446. The standard InChI is InChI=1S/C16H26N2/c1-3-10-17-12-15-8-4-5-9-16(15)18-11-6-7-14(2)13-18/h4-5,8-9,14,17H,3,6-7,10-13H2,1-2H3. The number of hydrogen-bond acceptors (Lipinski definition) is 2. The summed E-state index contributed by atoms with van der Waals surface area (Å²) in [5, 5.41) is 3.52. The van der Waals surface area contributed by atoms with Gasteiger partial charge in [0.2, 0.25) is 0 Å². The first-order chi connectivity index (χ1) is 8.81. The molecule has 0 bridgehead atoms. The topological polar surface area (TPSA) is 15.3 Å². The highest BCUT2D eigenvalue weighted by Crippen LogP contribution is 2.26. The van der Waals surface area contributed by atoms with E-state index in [1.54, 1.807) is 0 Å². The molecule has 0 amide bonds. The van der Waals surface area contributed by atoms with Crippen LogP contribution in [0.2, 0.25) is 0 Å². The summed E-state index contributed by atoms with van der Waals surface area (Å²) in [4.78, 5) is 2.57. The van der Waals surface area contributed by atoms with Crippen molar-refractivity contribution in [1.82, 2.24) is 5.32 Å². The van der Waals surface area contributed by atoms with Crippen molar-refractivity contribution in [3.63, 3.8) is 0 Å². The van der Waals surface area contributed by atoms with Gasteiger partial charge in [0.1, 0.15) is 0 Å². The van der Waals surface area contributed by atoms with Crippen LogP contribution >= 0.6 is 0 Å². The summed E-state index contributed by atoms with van der Waals surface area (Å²) in [7, 11) is 0. The third kappa shape index (κ3) is 3.49. The molecule has 2 heteroatoms. The number of nitrogens with one attached hydrogen (secondary N) is 1. The highest BCUT2D eigenvalue weighted by molar-refractivity contribution is 5.54. The molecule has 0 aromatic heterocycles. The smallest absolute Gasteiger partial charge is 0.0411 e. The molecule has 1 unspecified atom stereocenters. The average molecular weight is 246 g/mol. The predicted molar refractivity (Wildman–Crippen MR) is 79.1 cm³/mol. The van der Waals surface area contributed by atoms with Crippen molar-refractivity contribution in [3.05, 3.63) is 29.8 Å². The Balaban J connectivity index is 2.06. The average Bonchev–Trinajstić information content (AvgIpc) is 2.40. The summed E-state index contributed by atoms with van der Waals surface area (Å²) >= 11 is 0. The van der Waals surface area contributed by atoms with Crippen LogP contribution in [0.5, 0.6) is 0 Å². The third-order valence-corrected chi connectivity index (χ3v) is 3.73. The van der Waals surface area contributed by atoms with Gasteiger partial charge in [0.25, 0.3) is 0 Å². The van der Waals surface area contributed by atoms with Gasteiger partial charge < -0.3 is 10.2 Å². The Morgan fingerprint density at radius 1 is 1.33 bits per heavy atom. The third-order valence-electron chi connectivity index (χ3n) is 3.73. The molecule has 1 aromatic carbocycles. The van der Waals surface area contributed by atoms with Crippen molar-refractivity contribution < 1.29 is 0 Å². The zero-order chi connectivity index (χ0) is 12.8. The molecule has 100 valence electrons. The Morgan fingerprint density at radius 2 is 2.17 bits per heavy atom. The van der Waals surface area contributed by atoms with Crippen LogP contribution in [0.4, 0.5) is 5.69 Å². The number of para-hydroxylation sites is 1. The van der Waals surface area contributed by atoms with E-state index in [1.807, 2.05) is 0 Å². The lowest BCUT2D eigenvalue weighted by Gasteiger charge is -2.34.